The van der Waals surface area contributed by atoms with Crippen LogP contribution in [0.25, 0.3) is 0 Å². The summed E-state index contributed by atoms with van der Waals surface area (Å²) in [5.74, 6) is 0.679. The number of nitriles is 1. The molecule has 2 rings (SSSR count). The molecule has 0 radical (unpaired) electrons. The normalized spacial score (nSPS) is 15.2. The maximum Gasteiger partial charge on any atom is 0.408 e. The molecule has 10 heteroatoms. The summed E-state index contributed by atoms with van der Waals surface area (Å²) < 4.78 is 5.28. The molecular formula is C28H37N5O5. The van der Waals surface area contributed by atoms with Crippen LogP contribution >= 0.6 is 0 Å². The van der Waals surface area contributed by atoms with E-state index in [2.05, 4.69) is 16.6 Å². The van der Waals surface area contributed by atoms with Crippen LogP contribution in [-0.2, 0) is 19.1 Å². The lowest BCUT2D eigenvalue weighted by atomic mass is 9.94. The number of nitrogens with two attached hydrogens (primary N) is 1. The summed E-state index contributed by atoms with van der Waals surface area (Å²) in [6.07, 6.45) is 8.97. The minimum atomic E-state index is -1.26. The van der Waals surface area contributed by atoms with Crippen molar-refractivity contribution in [1.82, 2.24) is 15.5 Å². The molecule has 0 spiro atoms. The highest BCUT2D eigenvalue weighted by Gasteiger charge is 2.37. The summed E-state index contributed by atoms with van der Waals surface area (Å²) in [6, 6.07) is 6.03. The molecule has 0 aromatic heterocycles. The summed E-state index contributed by atoms with van der Waals surface area (Å²) in [6.45, 7) is 4.56. The molecule has 1 aromatic rings. The standard InChI is InChI=1S/C28H37N5O5/c1-5-19-11-13-20(14-12-19)24(25(35)31-21-9-7-6-8-10-21)33(18-17-29)26(36)22(15-16-23(30)34)32-27(37)38-28(2,3)4/h1,11-14,21-22,24H,6-10,15-16,18H2,2-4H3,(H2,30,34)(H,31,35)(H,32,37). The molecule has 10 nitrogen and oxygen atoms in total. The van der Waals surface area contributed by atoms with Gasteiger partial charge in [0.1, 0.15) is 24.2 Å². The van der Waals surface area contributed by atoms with Gasteiger partial charge in [0.15, 0.2) is 0 Å². The Kier molecular flexibility index (Phi) is 11.1. The SMILES string of the molecule is C#Cc1ccc(C(C(=O)NC2CCCCC2)N(CC#N)C(=O)C(CCC(N)=O)NC(=O)OC(C)(C)C)cc1. The molecule has 204 valence electrons. The van der Waals surface area contributed by atoms with Crippen molar-refractivity contribution in [1.29, 1.82) is 5.26 Å². The zero-order chi connectivity index (χ0) is 28.3. The Morgan fingerprint density at radius 2 is 1.79 bits per heavy atom. The molecule has 1 saturated carbocycles. The number of nitrogens with one attached hydrogen (secondary N) is 2. The van der Waals surface area contributed by atoms with E-state index in [1.165, 1.54) is 0 Å². The van der Waals surface area contributed by atoms with Gasteiger partial charge in [0.05, 0.1) is 6.07 Å². The van der Waals surface area contributed by atoms with Gasteiger partial charge >= 0.3 is 6.09 Å². The first-order valence-corrected chi connectivity index (χ1v) is 12.8. The average molecular weight is 524 g/mol. The topological polar surface area (TPSA) is 155 Å². The van der Waals surface area contributed by atoms with Crippen LogP contribution in [0.3, 0.4) is 0 Å². The number of benzene rings is 1. The lowest BCUT2D eigenvalue weighted by Crippen LogP contribution is -2.54. The molecule has 4 amide bonds. The van der Waals surface area contributed by atoms with Crippen LogP contribution in [0.1, 0.15) is 82.9 Å². The second kappa shape index (κ2) is 14.0. The van der Waals surface area contributed by atoms with E-state index >= 15 is 0 Å². The molecule has 2 unspecified atom stereocenters. The first-order chi connectivity index (χ1) is 17.9. The van der Waals surface area contributed by atoms with E-state index in [4.69, 9.17) is 16.9 Å². The zero-order valence-corrected chi connectivity index (χ0v) is 22.3. The van der Waals surface area contributed by atoms with Crippen molar-refractivity contribution < 1.29 is 23.9 Å². The maximum atomic E-state index is 13.8. The van der Waals surface area contributed by atoms with Gasteiger partial charge in [-0.2, -0.15) is 5.26 Å². The summed E-state index contributed by atoms with van der Waals surface area (Å²) in [5.41, 5.74) is 5.50. The van der Waals surface area contributed by atoms with Crippen molar-refractivity contribution in [2.75, 3.05) is 6.54 Å². The fourth-order valence-electron chi connectivity index (χ4n) is 4.33. The Morgan fingerprint density at radius 1 is 1.16 bits per heavy atom. The number of carbonyl (C=O) groups is 4. The lowest BCUT2D eigenvalue weighted by Gasteiger charge is -2.34. The maximum absolute atomic E-state index is 13.8. The molecular weight excluding hydrogens is 486 g/mol. The first kappa shape index (κ1) is 30.2. The number of carbonyl (C=O) groups excluding carboxylic acids is 4. The Bertz CT molecular complexity index is 1070. The highest BCUT2D eigenvalue weighted by Crippen LogP contribution is 2.25. The van der Waals surface area contributed by atoms with Gasteiger partial charge in [-0.15, -0.1) is 6.42 Å². The monoisotopic (exact) mass is 523 g/mol. The Balaban J connectivity index is 2.45. The number of amides is 4. The Hall–Kier alpha value is -4.05. The van der Waals surface area contributed by atoms with E-state index in [-0.39, 0.29) is 18.9 Å². The second-order valence-corrected chi connectivity index (χ2v) is 10.3. The lowest BCUT2D eigenvalue weighted by molar-refractivity contribution is -0.142. The fourth-order valence-corrected chi connectivity index (χ4v) is 4.33. The minimum Gasteiger partial charge on any atom is -0.444 e. The predicted molar refractivity (Wildman–Crippen MR) is 141 cm³/mol. The third kappa shape index (κ3) is 9.44. The smallest absolute Gasteiger partial charge is 0.408 e. The van der Waals surface area contributed by atoms with E-state index in [0.717, 1.165) is 37.0 Å². The van der Waals surface area contributed by atoms with Crippen molar-refractivity contribution in [2.45, 2.75) is 89.4 Å². The van der Waals surface area contributed by atoms with Crippen LogP contribution in [0.4, 0.5) is 4.79 Å². The molecule has 1 fully saturated rings. The Labute approximate surface area is 224 Å². The first-order valence-electron chi connectivity index (χ1n) is 12.8. The second-order valence-electron chi connectivity index (χ2n) is 10.3. The van der Waals surface area contributed by atoms with Crippen molar-refractivity contribution in [2.24, 2.45) is 5.73 Å². The van der Waals surface area contributed by atoms with Gasteiger partial charge < -0.3 is 26.0 Å². The number of hydrogen-bond acceptors (Lipinski definition) is 6. The van der Waals surface area contributed by atoms with Crippen LogP contribution in [0.5, 0.6) is 0 Å². The van der Waals surface area contributed by atoms with Crippen molar-refractivity contribution in [3.05, 3.63) is 35.4 Å². The van der Waals surface area contributed by atoms with Gasteiger partial charge in [-0.05, 0) is 57.7 Å². The summed E-state index contributed by atoms with van der Waals surface area (Å²) in [7, 11) is 0. The molecule has 0 saturated heterocycles. The zero-order valence-electron chi connectivity index (χ0n) is 22.3. The summed E-state index contributed by atoms with van der Waals surface area (Å²) in [4.78, 5) is 52.6. The number of alkyl carbamates (subject to hydrolysis) is 1. The average Bonchev–Trinajstić information content (AvgIpc) is 2.85. The van der Waals surface area contributed by atoms with Gasteiger partial charge in [0, 0.05) is 18.0 Å². The molecule has 1 aromatic carbocycles. The molecule has 4 N–H and O–H groups in total. The number of primary amides is 1. The fraction of sp³-hybridized carbons (Fsp3) is 0.536. The van der Waals surface area contributed by atoms with Crippen LogP contribution in [0.15, 0.2) is 24.3 Å². The Morgan fingerprint density at radius 3 is 2.32 bits per heavy atom. The largest absolute Gasteiger partial charge is 0.444 e. The van der Waals surface area contributed by atoms with E-state index in [1.807, 2.05) is 6.07 Å². The van der Waals surface area contributed by atoms with Crippen molar-refractivity contribution in [3.63, 3.8) is 0 Å². The van der Waals surface area contributed by atoms with Gasteiger partial charge in [0.25, 0.3) is 0 Å². The molecule has 0 bridgehead atoms. The molecule has 1 aliphatic rings. The molecule has 1 aliphatic carbocycles. The van der Waals surface area contributed by atoms with Crippen LogP contribution in [-0.4, -0.2) is 52.9 Å². The van der Waals surface area contributed by atoms with Crippen LogP contribution in [0, 0.1) is 23.7 Å². The third-order valence-electron chi connectivity index (χ3n) is 6.10. The van der Waals surface area contributed by atoms with Gasteiger partial charge in [-0.1, -0.05) is 37.3 Å². The number of rotatable bonds is 10. The number of nitrogens with zero attached hydrogens (tertiary/aromatic N) is 2. The van der Waals surface area contributed by atoms with Crippen LogP contribution in [0.2, 0.25) is 0 Å². The van der Waals surface area contributed by atoms with E-state index < -0.39 is 48.0 Å². The number of ether oxygens (including phenoxy) is 1. The summed E-state index contributed by atoms with van der Waals surface area (Å²) >= 11 is 0. The van der Waals surface area contributed by atoms with E-state index in [1.54, 1.807) is 45.0 Å². The molecule has 38 heavy (non-hydrogen) atoms. The van der Waals surface area contributed by atoms with E-state index in [9.17, 15) is 24.4 Å². The van der Waals surface area contributed by atoms with E-state index in [0.29, 0.717) is 11.1 Å². The molecule has 0 aliphatic heterocycles. The third-order valence-corrected chi connectivity index (χ3v) is 6.10. The highest BCUT2D eigenvalue weighted by atomic mass is 16.6. The van der Waals surface area contributed by atoms with Gasteiger partial charge in [-0.3, -0.25) is 14.4 Å². The van der Waals surface area contributed by atoms with Crippen molar-refractivity contribution in [3.8, 4) is 18.4 Å². The molecule has 0 heterocycles. The predicted octanol–water partition coefficient (Wildman–Crippen LogP) is 2.67. The van der Waals surface area contributed by atoms with Gasteiger partial charge in [-0.25, -0.2) is 4.79 Å². The number of hydrogen-bond donors (Lipinski definition) is 3. The quantitative estimate of drug-likeness (QED) is 0.316. The summed E-state index contributed by atoms with van der Waals surface area (Å²) in [5, 5.41) is 15.1. The van der Waals surface area contributed by atoms with Gasteiger partial charge in [0.2, 0.25) is 17.7 Å². The van der Waals surface area contributed by atoms with Crippen LogP contribution < -0.4 is 16.4 Å². The molecule has 2 atom stereocenters. The minimum absolute atomic E-state index is 0.0479. The van der Waals surface area contributed by atoms with Crippen molar-refractivity contribution >= 4 is 23.8 Å². The highest BCUT2D eigenvalue weighted by molar-refractivity contribution is 5.92. The number of terminal acetylenes is 1.